The average molecular weight is 385 g/mol. The van der Waals surface area contributed by atoms with E-state index in [1.807, 2.05) is 0 Å². The van der Waals surface area contributed by atoms with Crippen LogP contribution >= 0.6 is 23.5 Å². The predicted molar refractivity (Wildman–Crippen MR) is 87.9 cm³/mol. The average Bonchev–Trinajstić information content (AvgIpc) is 2.90. The third-order valence-corrected chi connectivity index (χ3v) is 5.10. The number of ketones is 1. The van der Waals surface area contributed by atoms with Crippen LogP contribution in [-0.4, -0.2) is 33.2 Å². The number of nitrogens with one attached hydrogen (secondary N) is 1. The van der Waals surface area contributed by atoms with Crippen molar-refractivity contribution in [1.29, 1.82) is 0 Å². The molecule has 0 fully saturated rings. The van der Waals surface area contributed by atoms with Gasteiger partial charge in [-0.05, 0) is 24.5 Å². The molecule has 25 heavy (non-hydrogen) atoms. The van der Waals surface area contributed by atoms with Crippen LogP contribution in [-0.2, 0) is 11.0 Å². The molecule has 0 aliphatic carbocycles. The smallest absolute Gasteiger partial charge is 0.325 e. The predicted octanol–water partition coefficient (Wildman–Crippen LogP) is 3.51. The minimum absolute atomic E-state index is 0.0277. The van der Waals surface area contributed by atoms with Crippen LogP contribution in [0.4, 0.5) is 18.9 Å². The van der Waals surface area contributed by atoms with Crippen LogP contribution in [0.2, 0.25) is 0 Å². The van der Waals surface area contributed by atoms with Gasteiger partial charge in [-0.2, -0.15) is 13.2 Å². The molecule has 0 unspecified atom stereocenters. The lowest BCUT2D eigenvalue weighted by Gasteiger charge is -2.11. The molecule has 5 nitrogen and oxygen atoms in total. The van der Waals surface area contributed by atoms with Gasteiger partial charge < -0.3 is 5.32 Å². The maximum Gasteiger partial charge on any atom is 0.416 e. The van der Waals surface area contributed by atoms with E-state index in [-0.39, 0.29) is 11.3 Å². The number of carbonyl (C=O) groups excluding carboxylic acids is 2. The summed E-state index contributed by atoms with van der Waals surface area (Å²) in [5.41, 5.74) is -0.665. The van der Waals surface area contributed by atoms with Crippen LogP contribution in [0.15, 0.2) is 40.6 Å². The van der Waals surface area contributed by atoms with E-state index in [2.05, 4.69) is 15.3 Å². The molecule has 130 valence electrons. The van der Waals surface area contributed by atoms with Gasteiger partial charge in [-0.15, -0.1) is 0 Å². The Morgan fingerprint density at radius 2 is 2.12 bits per heavy atom. The Morgan fingerprint density at radius 1 is 1.36 bits per heavy atom. The summed E-state index contributed by atoms with van der Waals surface area (Å²) in [6, 6.07) is 4.24. The molecule has 1 amide bonds. The second-order valence-corrected chi connectivity index (χ2v) is 6.87. The molecule has 10 heteroatoms. The molecule has 1 N–H and O–H groups in total. The summed E-state index contributed by atoms with van der Waals surface area (Å²) < 4.78 is 38.2. The first kappa shape index (κ1) is 17.7. The van der Waals surface area contributed by atoms with Gasteiger partial charge in [-0.1, -0.05) is 29.6 Å². The van der Waals surface area contributed by atoms with E-state index in [1.165, 1.54) is 30.1 Å². The Hall–Kier alpha value is -2.07. The minimum Gasteiger partial charge on any atom is -0.325 e. The van der Waals surface area contributed by atoms with Gasteiger partial charge in [0, 0.05) is 11.9 Å². The van der Waals surface area contributed by atoms with Gasteiger partial charge in [0.2, 0.25) is 5.91 Å². The molecule has 2 aromatic rings. The fraction of sp³-hybridized carbons (Fsp3) is 0.200. The number of amides is 1. The van der Waals surface area contributed by atoms with E-state index in [1.54, 1.807) is 6.26 Å². The van der Waals surface area contributed by atoms with Gasteiger partial charge in [0.05, 0.1) is 11.1 Å². The number of nitrogens with zero attached hydrogens (tertiary/aromatic N) is 2. The summed E-state index contributed by atoms with van der Waals surface area (Å²) in [4.78, 5) is 32.8. The maximum atomic E-state index is 12.7. The van der Waals surface area contributed by atoms with Crippen molar-refractivity contribution in [2.24, 2.45) is 0 Å². The fourth-order valence-corrected chi connectivity index (χ4v) is 3.61. The molecule has 2 heterocycles. The molecule has 0 bridgehead atoms. The lowest BCUT2D eigenvalue weighted by Crippen LogP contribution is -2.29. The normalized spacial score (nSPS) is 16.6. The molecule has 1 aliphatic rings. The van der Waals surface area contributed by atoms with Gasteiger partial charge in [-0.25, -0.2) is 9.97 Å². The van der Waals surface area contributed by atoms with Crippen molar-refractivity contribution in [1.82, 2.24) is 9.97 Å². The first-order chi connectivity index (χ1) is 11.8. The molecule has 3 rings (SSSR count). The van der Waals surface area contributed by atoms with Crippen molar-refractivity contribution in [3.63, 3.8) is 0 Å². The zero-order valence-corrected chi connectivity index (χ0v) is 14.3. The van der Waals surface area contributed by atoms with Gasteiger partial charge in [0.15, 0.2) is 16.2 Å². The Balaban J connectivity index is 1.78. The molecule has 0 radical (unpaired) electrons. The number of anilines is 1. The highest BCUT2D eigenvalue weighted by Gasteiger charge is 2.38. The fourth-order valence-electron chi connectivity index (χ4n) is 2.17. The standard InChI is InChI=1S/C15H10F3N3O2S2/c1-24-14-19-6-9-10(22)11(25-13(9)21-14)12(23)20-8-4-2-3-7(5-8)15(16,17)18/h2-6,11H,1H3,(H,20,23)/t11-/m0/s1. The zero-order valence-electron chi connectivity index (χ0n) is 12.6. The van der Waals surface area contributed by atoms with Crippen molar-refractivity contribution >= 4 is 40.9 Å². The molecule has 1 atom stereocenters. The van der Waals surface area contributed by atoms with E-state index in [4.69, 9.17) is 0 Å². The number of rotatable bonds is 3. The highest BCUT2D eigenvalue weighted by atomic mass is 32.2. The minimum atomic E-state index is -4.52. The van der Waals surface area contributed by atoms with Crippen LogP contribution in [0, 0.1) is 0 Å². The van der Waals surface area contributed by atoms with Crippen molar-refractivity contribution in [2.45, 2.75) is 21.6 Å². The van der Waals surface area contributed by atoms with Crippen molar-refractivity contribution in [2.75, 3.05) is 11.6 Å². The first-order valence-electron chi connectivity index (χ1n) is 6.89. The lowest BCUT2D eigenvalue weighted by atomic mass is 10.1. The summed E-state index contributed by atoms with van der Waals surface area (Å²) >= 11 is 2.26. The van der Waals surface area contributed by atoms with E-state index < -0.39 is 28.7 Å². The molecule has 1 aromatic heterocycles. The van der Waals surface area contributed by atoms with E-state index in [9.17, 15) is 22.8 Å². The van der Waals surface area contributed by atoms with Gasteiger partial charge >= 0.3 is 6.18 Å². The number of aromatic nitrogens is 2. The molecule has 0 spiro atoms. The third-order valence-electron chi connectivity index (χ3n) is 3.34. The molecular weight excluding hydrogens is 375 g/mol. The second kappa shape index (κ2) is 6.68. The van der Waals surface area contributed by atoms with Crippen LogP contribution < -0.4 is 5.32 Å². The molecular formula is C15H10F3N3O2S2. The number of hydrogen-bond donors (Lipinski definition) is 1. The summed E-state index contributed by atoms with van der Waals surface area (Å²) in [7, 11) is 0. The number of alkyl halides is 3. The quantitative estimate of drug-likeness (QED) is 0.377. The monoisotopic (exact) mass is 385 g/mol. The largest absolute Gasteiger partial charge is 0.416 e. The van der Waals surface area contributed by atoms with Crippen molar-refractivity contribution in [3.8, 4) is 0 Å². The number of Topliss-reactive ketones (excluding diaryl/α,β-unsaturated/α-hetero) is 1. The lowest BCUT2D eigenvalue weighted by molar-refractivity contribution is -0.137. The van der Waals surface area contributed by atoms with E-state index in [0.29, 0.717) is 10.2 Å². The number of fused-ring (bicyclic) bond motifs is 1. The van der Waals surface area contributed by atoms with Crippen molar-refractivity contribution in [3.05, 3.63) is 41.6 Å². The number of carbonyl (C=O) groups is 2. The summed E-state index contributed by atoms with van der Waals surface area (Å²) in [5, 5.41) is 2.12. The van der Waals surface area contributed by atoms with E-state index in [0.717, 1.165) is 23.9 Å². The van der Waals surface area contributed by atoms with Gasteiger partial charge in [0.1, 0.15) is 5.03 Å². The van der Waals surface area contributed by atoms with E-state index >= 15 is 0 Å². The maximum absolute atomic E-state index is 12.7. The van der Waals surface area contributed by atoms with Gasteiger partial charge in [-0.3, -0.25) is 9.59 Å². The Bertz CT molecular complexity index is 858. The van der Waals surface area contributed by atoms with Gasteiger partial charge in [0.25, 0.3) is 0 Å². The summed E-state index contributed by atoms with van der Waals surface area (Å²) in [5.74, 6) is -1.16. The Labute approximate surface area is 148 Å². The number of benzene rings is 1. The van der Waals surface area contributed by atoms with Crippen LogP contribution in [0.1, 0.15) is 15.9 Å². The summed E-state index contributed by atoms with van der Waals surface area (Å²) in [6.45, 7) is 0. The Morgan fingerprint density at radius 3 is 2.80 bits per heavy atom. The van der Waals surface area contributed by atoms with Crippen molar-refractivity contribution < 1.29 is 22.8 Å². The van der Waals surface area contributed by atoms with Crippen LogP contribution in [0.25, 0.3) is 0 Å². The molecule has 1 aliphatic heterocycles. The number of hydrogen-bond acceptors (Lipinski definition) is 6. The molecule has 0 saturated heterocycles. The number of halogens is 3. The number of thioether (sulfide) groups is 2. The Kier molecular flexibility index (Phi) is 4.74. The highest BCUT2D eigenvalue weighted by molar-refractivity contribution is 8.02. The highest BCUT2D eigenvalue weighted by Crippen LogP contribution is 2.37. The topological polar surface area (TPSA) is 72.0 Å². The second-order valence-electron chi connectivity index (χ2n) is 5.01. The third kappa shape index (κ3) is 3.64. The van der Waals surface area contributed by atoms with Crippen LogP contribution in [0.5, 0.6) is 0 Å². The molecule has 0 saturated carbocycles. The first-order valence-corrected chi connectivity index (χ1v) is 9.00. The summed E-state index contributed by atoms with van der Waals surface area (Å²) in [6.07, 6.45) is -1.37. The van der Waals surface area contributed by atoms with Crippen LogP contribution in [0.3, 0.4) is 0 Å². The molecule has 1 aromatic carbocycles. The SMILES string of the molecule is CSc1ncc2c(n1)S[C@H](C(=O)Nc1cccc(C(F)(F)F)c1)C2=O. The zero-order chi connectivity index (χ0) is 18.2.